The first-order valence-electron chi connectivity index (χ1n) is 14.1. The summed E-state index contributed by atoms with van der Waals surface area (Å²) in [5.41, 5.74) is 2.33. The predicted molar refractivity (Wildman–Crippen MR) is 154 cm³/mol. The molecule has 3 atom stereocenters. The van der Waals surface area contributed by atoms with Crippen LogP contribution in [0.5, 0.6) is 0 Å². The van der Waals surface area contributed by atoms with Gasteiger partial charge in [-0.15, -0.1) is 0 Å². The van der Waals surface area contributed by atoms with Crippen molar-refractivity contribution in [3.05, 3.63) is 64.7 Å². The molecule has 2 N–H and O–H groups in total. The van der Waals surface area contributed by atoms with Gasteiger partial charge >= 0.3 is 0 Å². The van der Waals surface area contributed by atoms with Gasteiger partial charge in [-0.25, -0.2) is 0 Å². The lowest BCUT2D eigenvalue weighted by Gasteiger charge is -2.39. The number of carbonyl (C=O) groups excluding carboxylic acids is 3. The molecule has 1 saturated heterocycles. The normalized spacial score (nSPS) is 23.5. The number of nitrogens with zero attached hydrogens (tertiary/aromatic N) is 2. The molecule has 7 nitrogen and oxygen atoms in total. The second-order valence-corrected chi connectivity index (χ2v) is 12.1. The summed E-state index contributed by atoms with van der Waals surface area (Å²) in [6.45, 7) is 5.04. The number of hydrogen-bond donors (Lipinski definition) is 2. The van der Waals surface area contributed by atoms with E-state index < -0.39 is 11.5 Å². The number of fused-ring (bicyclic) bond motifs is 1. The van der Waals surface area contributed by atoms with Crippen LogP contribution in [0.25, 0.3) is 0 Å². The Morgan fingerprint density at radius 3 is 2.41 bits per heavy atom. The van der Waals surface area contributed by atoms with E-state index in [2.05, 4.69) is 10.6 Å². The monoisotopic (exact) mass is 550 g/mol. The van der Waals surface area contributed by atoms with Gasteiger partial charge < -0.3 is 20.4 Å². The van der Waals surface area contributed by atoms with Crippen molar-refractivity contribution in [3.63, 3.8) is 0 Å². The first kappa shape index (κ1) is 27.7. The SMILES string of the molecule is CN[C@@H]1CC[C@H](C(=O)NC(Cc2ccccc2Cl)C(=O)N2CCC(N3C(=O)C(C)(C)c4ccccc43)CC2)C1. The van der Waals surface area contributed by atoms with Gasteiger partial charge in [-0.1, -0.05) is 48.0 Å². The Morgan fingerprint density at radius 2 is 1.72 bits per heavy atom. The molecule has 0 spiro atoms. The summed E-state index contributed by atoms with van der Waals surface area (Å²) in [4.78, 5) is 44.3. The van der Waals surface area contributed by atoms with Crippen molar-refractivity contribution in [1.82, 2.24) is 15.5 Å². The molecular formula is C31H39ClN4O3. The van der Waals surface area contributed by atoms with Crippen LogP contribution in [0.2, 0.25) is 5.02 Å². The van der Waals surface area contributed by atoms with Crippen molar-refractivity contribution < 1.29 is 14.4 Å². The third-order valence-corrected chi connectivity index (χ3v) is 9.31. The average molecular weight is 551 g/mol. The number of hydrogen-bond acceptors (Lipinski definition) is 4. The minimum atomic E-state index is -0.685. The quantitative estimate of drug-likeness (QED) is 0.544. The largest absolute Gasteiger partial charge is 0.344 e. The van der Waals surface area contributed by atoms with E-state index in [0.717, 1.165) is 36.1 Å². The van der Waals surface area contributed by atoms with Crippen molar-refractivity contribution in [3.8, 4) is 0 Å². The molecule has 1 saturated carbocycles. The molecule has 208 valence electrons. The van der Waals surface area contributed by atoms with Gasteiger partial charge in [-0.3, -0.25) is 14.4 Å². The van der Waals surface area contributed by atoms with Crippen molar-refractivity contribution in [2.75, 3.05) is 25.0 Å². The molecule has 0 bridgehead atoms. The van der Waals surface area contributed by atoms with Crippen LogP contribution in [0, 0.1) is 5.92 Å². The van der Waals surface area contributed by atoms with E-state index in [1.807, 2.05) is 79.2 Å². The second kappa shape index (κ2) is 11.3. The highest BCUT2D eigenvalue weighted by Gasteiger charge is 2.47. The number of rotatable bonds is 7. The number of piperidine rings is 1. The first-order valence-corrected chi connectivity index (χ1v) is 14.5. The fourth-order valence-corrected chi connectivity index (χ4v) is 6.73. The molecule has 3 aliphatic rings. The Kier molecular flexibility index (Phi) is 8.01. The van der Waals surface area contributed by atoms with E-state index in [4.69, 9.17) is 11.6 Å². The summed E-state index contributed by atoms with van der Waals surface area (Å²) < 4.78 is 0. The van der Waals surface area contributed by atoms with Crippen LogP contribution < -0.4 is 15.5 Å². The Balaban J connectivity index is 1.29. The molecule has 2 aromatic carbocycles. The zero-order chi connectivity index (χ0) is 27.7. The smallest absolute Gasteiger partial charge is 0.245 e. The van der Waals surface area contributed by atoms with Crippen LogP contribution in [-0.4, -0.2) is 60.9 Å². The maximum absolute atomic E-state index is 13.9. The van der Waals surface area contributed by atoms with Gasteiger partial charge in [0.1, 0.15) is 6.04 Å². The lowest BCUT2D eigenvalue weighted by Crippen LogP contribution is -2.55. The molecule has 2 aliphatic heterocycles. The topological polar surface area (TPSA) is 81.8 Å². The molecular weight excluding hydrogens is 512 g/mol. The number of para-hydroxylation sites is 1. The first-order chi connectivity index (χ1) is 18.7. The van der Waals surface area contributed by atoms with Gasteiger partial charge in [-0.2, -0.15) is 0 Å². The fraction of sp³-hybridized carbons (Fsp3) is 0.516. The summed E-state index contributed by atoms with van der Waals surface area (Å²) in [6, 6.07) is 15.2. The number of halogens is 1. The summed E-state index contributed by atoms with van der Waals surface area (Å²) in [6.07, 6.45) is 4.29. The number of amides is 3. The van der Waals surface area contributed by atoms with Crippen LogP contribution in [0.4, 0.5) is 5.69 Å². The van der Waals surface area contributed by atoms with E-state index in [-0.39, 0.29) is 29.7 Å². The van der Waals surface area contributed by atoms with E-state index in [9.17, 15) is 14.4 Å². The minimum absolute atomic E-state index is 0.0399. The Hall–Kier alpha value is -2.90. The fourth-order valence-electron chi connectivity index (χ4n) is 6.52. The highest BCUT2D eigenvalue weighted by Crippen LogP contribution is 2.43. The summed E-state index contributed by atoms with van der Waals surface area (Å²) in [5.74, 6) is -0.124. The van der Waals surface area contributed by atoms with Gasteiger partial charge in [0.2, 0.25) is 17.7 Å². The van der Waals surface area contributed by atoms with E-state index in [1.54, 1.807) is 0 Å². The summed E-state index contributed by atoms with van der Waals surface area (Å²) in [5, 5.41) is 6.95. The molecule has 0 aromatic heterocycles. The number of anilines is 1. The Labute approximate surface area is 236 Å². The van der Waals surface area contributed by atoms with E-state index in [0.29, 0.717) is 43.4 Å². The Bertz CT molecular complexity index is 1240. The zero-order valence-corrected chi connectivity index (χ0v) is 23.8. The van der Waals surface area contributed by atoms with Crippen molar-refractivity contribution in [2.45, 2.75) is 75.9 Å². The van der Waals surface area contributed by atoms with Crippen molar-refractivity contribution >= 4 is 35.0 Å². The van der Waals surface area contributed by atoms with E-state index >= 15 is 0 Å². The highest BCUT2D eigenvalue weighted by atomic mass is 35.5. The third kappa shape index (κ3) is 5.44. The standard InChI is InChI=1S/C31H39ClN4O3/c1-31(2)24-9-5-7-11-27(24)36(30(31)39)23-14-16-35(17-15-23)29(38)26(19-20-8-4-6-10-25(20)32)34-28(37)21-12-13-22(18-21)33-3/h4-11,21-23,26,33H,12-19H2,1-3H3,(H,34,37)/t21-,22+,26?/m0/s1. The minimum Gasteiger partial charge on any atom is -0.344 e. The molecule has 1 unspecified atom stereocenters. The molecule has 2 aromatic rings. The van der Waals surface area contributed by atoms with Crippen LogP contribution >= 0.6 is 11.6 Å². The van der Waals surface area contributed by atoms with Crippen LogP contribution in [0.15, 0.2) is 48.5 Å². The van der Waals surface area contributed by atoms with E-state index in [1.165, 1.54) is 0 Å². The summed E-state index contributed by atoms with van der Waals surface area (Å²) in [7, 11) is 1.92. The molecule has 39 heavy (non-hydrogen) atoms. The zero-order valence-electron chi connectivity index (χ0n) is 23.1. The number of benzene rings is 2. The third-order valence-electron chi connectivity index (χ3n) is 8.94. The van der Waals surface area contributed by atoms with Crippen molar-refractivity contribution in [2.24, 2.45) is 5.92 Å². The molecule has 5 rings (SSSR count). The van der Waals surface area contributed by atoms with Gasteiger partial charge in [0, 0.05) is 48.2 Å². The number of nitrogens with one attached hydrogen (secondary N) is 2. The summed E-state index contributed by atoms with van der Waals surface area (Å²) >= 11 is 6.45. The molecule has 2 heterocycles. The van der Waals surface area contributed by atoms with Crippen LogP contribution in [0.1, 0.15) is 57.1 Å². The molecule has 1 aliphatic carbocycles. The lowest BCUT2D eigenvalue weighted by atomic mass is 9.86. The number of likely N-dealkylation sites (tertiary alicyclic amines) is 1. The lowest BCUT2D eigenvalue weighted by molar-refractivity contribution is -0.138. The van der Waals surface area contributed by atoms with Crippen molar-refractivity contribution in [1.29, 1.82) is 0 Å². The Morgan fingerprint density at radius 1 is 1.03 bits per heavy atom. The molecule has 0 radical (unpaired) electrons. The predicted octanol–water partition coefficient (Wildman–Crippen LogP) is 4.07. The van der Waals surface area contributed by atoms with Crippen LogP contribution in [-0.2, 0) is 26.2 Å². The maximum Gasteiger partial charge on any atom is 0.245 e. The van der Waals surface area contributed by atoms with Gasteiger partial charge in [-0.05, 0) is 76.3 Å². The molecule has 8 heteroatoms. The molecule has 2 fully saturated rings. The maximum atomic E-state index is 13.9. The van der Waals surface area contributed by atoms with Crippen LogP contribution in [0.3, 0.4) is 0 Å². The van der Waals surface area contributed by atoms with Gasteiger partial charge in [0.05, 0.1) is 5.41 Å². The van der Waals surface area contributed by atoms with Gasteiger partial charge in [0.15, 0.2) is 0 Å². The molecule has 3 amide bonds. The van der Waals surface area contributed by atoms with Gasteiger partial charge in [0.25, 0.3) is 0 Å². The second-order valence-electron chi connectivity index (χ2n) is 11.7. The number of carbonyl (C=O) groups is 3. The highest BCUT2D eigenvalue weighted by molar-refractivity contribution is 6.31. The average Bonchev–Trinajstić information content (AvgIpc) is 3.50.